The molecule has 1 amide bonds. The summed E-state index contributed by atoms with van der Waals surface area (Å²) in [6, 6.07) is 28.9. The van der Waals surface area contributed by atoms with Gasteiger partial charge in [-0.1, -0.05) is 65.7 Å². The van der Waals surface area contributed by atoms with Crippen LogP contribution in [0.25, 0.3) is 5.76 Å². The van der Waals surface area contributed by atoms with Gasteiger partial charge in [-0.05, 0) is 78.6 Å². The summed E-state index contributed by atoms with van der Waals surface area (Å²) in [7, 11) is 0. The van der Waals surface area contributed by atoms with Gasteiger partial charge in [-0.3, -0.25) is 9.69 Å². The number of carbonyl (C=O) groups excluding carboxylic acids is 3. The van der Waals surface area contributed by atoms with Gasteiger partial charge in [0.2, 0.25) is 5.88 Å². The molecule has 2 aliphatic heterocycles. The van der Waals surface area contributed by atoms with Gasteiger partial charge in [-0.15, -0.1) is 0 Å². The Balaban J connectivity index is 0.970. The van der Waals surface area contributed by atoms with E-state index in [1.54, 1.807) is 48.4 Å². The van der Waals surface area contributed by atoms with Crippen molar-refractivity contribution in [1.82, 2.24) is 14.8 Å². The number of hydrogen-bond acceptors (Lipinski definition) is 10. The van der Waals surface area contributed by atoms with E-state index >= 15 is 0 Å². The Morgan fingerprint density at radius 2 is 1.50 bits per heavy atom. The molecule has 0 N–H and O–H groups in total. The SMILES string of the molecule is Cc1ccc(COc2ccc(Oc3c(C)cc(C4=C(C(=O)N5CCN(Cc6ccc(CCOc7ccc(F)cc7)cc6)CC5)COC(=O)C(=O)O4)cc3Cl)nc2)cc1. The number of aromatic nitrogens is 1. The molecule has 11 nitrogen and oxygen atoms in total. The van der Waals surface area contributed by atoms with Crippen LogP contribution in [0.5, 0.6) is 23.1 Å². The second-order valence-electron chi connectivity index (χ2n) is 14.0. The number of esters is 2. The molecule has 1 saturated heterocycles. The Bertz CT molecular complexity index is 2270. The van der Waals surface area contributed by atoms with Crippen LogP contribution >= 0.6 is 11.6 Å². The van der Waals surface area contributed by atoms with E-state index in [1.807, 2.05) is 31.2 Å². The van der Waals surface area contributed by atoms with Gasteiger partial charge >= 0.3 is 11.9 Å². The fraction of sp³-hybridized carbons (Fsp3) is 0.244. The zero-order chi connectivity index (χ0) is 40.6. The maximum absolute atomic E-state index is 14.0. The molecule has 1 aromatic heterocycles. The molecule has 0 saturated carbocycles. The number of rotatable bonds is 13. The van der Waals surface area contributed by atoms with Gasteiger partial charge in [-0.25, -0.2) is 19.0 Å². The Hall–Kier alpha value is -6.24. The standard InChI is InChI=1S/C45H41ClFN3O8/c1-29-3-5-33(6-4-29)27-55-37-15-16-40(48-25-37)57-41-30(2)23-34(24-39(41)46)42-38(28-56-44(52)45(53)58-42)43(51)50-20-18-49(19-21-50)26-32-9-7-31(8-10-32)17-22-54-36-13-11-35(47)12-14-36/h3-16,23-25H,17-22,26-28H2,1-2H3. The molecular formula is C45H41ClFN3O8. The molecule has 7 rings (SSSR count). The molecule has 13 heteroatoms. The highest BCUT2D eigenvalue weighted by Gasteiger charge is 2.34. The molecule has 298 valence electrons. The topological polar surface area (TPSA) is 117 Å². The zero-order valence-electron chi connectivity index (χ0n) is 32.0. The van der Waals surface area contributed by atoms with Crippen molar-refractivity contribution in [2.45, 2.75) is 33.4 Å². The zero-order valence-corrected chi connectivity index (χ0v) is 32.8. The lowest BCUT2D eigenvalue weighted by Gasteiger charge is -2.35. The first-order chi connectivity index (χ1) is 28.1. The first-order valence-corrected chi connectivity index (χ1v) is 19.2. The lowest BCUT2D eigenvalue weighted by atomic mass is 10.0. The van der Waals surface area contributed by atoms with Crippen LogP contribution in [-0.2, 0) is 43.4 Å². The molecule has 5 aromatic rings. The molecule has 0 aliphatic carbocycles. The number of pyridine rings is 1. The second kappa shape index (κ2) is 18.4. The predicted octanol–water partition coefficient (Wildman–Crippen LogP) is 7.64. The highest BCUT2D eigenvalue weighted by atomic mass is 35.5. The van der Waals surface area contributed by atoms with Gasteiger partial charge in [0.05, 0.1) is 23.4 Å². The van der Waals surface area contributed by atoms with Crippen molar-refractivity contribution in [2.24, 2.45) is 0 Å². The average Bonchev–Trinajstić information content (AvgIpc) is 3.38. The number of amides is 1. The third-order valence-electron chi connectivity index (χ3n) is 9.74. The van der Waals surface area contributed by atoms with E-state index < -0.39 is 24.5 Å². The summed E-state index contributed by atoms with van der Waals surface area (Å²) in [5, 5.41) is 0.170. The summed E-state index contributed by atoms with van der Waals surface area (Å²) in [5.74, 6) is -1.47. The Kier molecular flexibility index (Phi) is 12.6. The fourth-order valence-electron chi connectivity index (χ4n) is 6.50. The number of cyclic esters (lactones) is 2. The molecule has 0 atom stereocenters. The summed E-state index contributed by atoms with van der Waals surface area (Å²) in [6.07, 6.45) is 2.27. The minimum Gasteiger partial charge on any atom is -0.493 e. The summed E-state index contributed by atoms with van der Waals surface area (Å²) < 4.78 is 41.4. The summed E-state index contributed by atoms with van der Waals surface area (Å²) in [6.45, 7) is 6.92. The molecule has 58 heavy (non-hydrogen) atoms. The molecule has 0 bridgehead atoms. The monoisotopic (exact) mass is 805 g/mol. The van der Waals surface area contributed by atoms with Crippen LogP contribution in [-0.4, -0.2) is 72.0 Å². The molecule has 4 aromatic carbocycles. The van der Waals surface area contributed by atoms with Crippen molar-refractivity contribution in [3.63, 3.8) is 0 Å². The van der Waals surface area contributed by atoms with Crippen molar-refractivity contribution in [2.75, 3.05) is 39.4 Å². The number of benzene rings is 4. The fourth-order valence-corrected chi connectivity index (χ4v) is 6.80. The van der Waals surface area contributed by atoms with Gasteiger partial charge in [0.25, 0.3) is 5.91 Å². The number of aryl methyl sites for hydroxylation is 2. The number of nitrogens with zero attached hydrogens (tertiary/aromatic N) is 3. The van der Waals surface area contributed by atoms with Crippen LogP contribution in [0.4, 0.5) is 4.39 Å². The van der Waals surface area contributed by atoms with E-state index in [0.717, 1.165) is 16.7 Å². The summed E-state index contributed by atoms with van der Waals surface area (Å²) in [4.78, 5) is 47.2. The third kappa shape index (κ3) is 10.2. The lowest BCUT2D eigenvalue weighted by molar-refractivity contribution is -0.162. The van der Waals surface area contributed by atoms with Crippen molar-refractivity contribution in [3.8, 4) is 23.1 Å². The van der Waals surface area contributed by atoms with Gasteiger partial charge in [0.1, 0.15) is 30.5 Å². The van der Waals surface area contributed by atoms with E-state index in [9.17, 15) is 18.8 Å². The second-order valence-corrected chi connectivity index (χ2v) is 14.4. The van der Waals surface area contributed by atoms with E-state index in [0.29, 0.717) is 80.7 Å². The molecular weight excluding hydrogens is 765 g/mol. The van der Waals surface area contributed by atoms with Crippen LogP contribution in [0.1, 0.15) is 33.4 Å². The maximum atomic E-state index is 14.0. The van der Waals surface area contributed by atoms with Crippen LogP contribution in [0.3, 0.4) is 0 Å². The third-order valence-corrected chi connectivity index (χ3v) is 10.0. The van der Waals surface area contributed by atoms with Crippen LogP contribution < -0.4 is 14.2 Å². The number of halogens is 2. The van der Waals surface area contributed by atoms with E-state index in [4.69, 9.17) is 35.3 Å². The molecule has 0 radical (unpaired) electrons. The van der Waals surface area contributed by atoms with E-state index in [2.05, 4.69) is 34.1 Å². The average molecular weight is 806 g/mol. The molecule has 0 unspecified atom stereocenters. The van der Waals surface area contributed by atoms with Crippen molar-refractivity contribution < 1.29 is 42.5 Å². The molecule has 1 fully saturated rings. The molecule has 3 heterocycles. The predicted molar refractivity (Wildman–Crippen MR) is 214 cm³/mol. The highest BCUT2D eigenvalue weighted by Crippen LogP contribution is 2.37. The van der Waals surface area contributed by atoms with E-state index in [1.165, 1.54) is 23.8 Å². The minimum atomic E-state index is -1.24. The minimum absolute atomic E-state index is 0.0266. The number of piperazine rings is 1. The normalized spacial score (nSPS) is 14.7. The lowest BCUT2D eigenvalue weighted by Crippen LogP contribution is -2.49. The van der Waals surface area contributed by atoms with E-state index in [-0.39, 0.29) is 28.1 Å². The Morgan fingerprint density at radius 1 is 0.810 bits per heavy atom. The number of ether oxygens (including phenoxy) is 5. The smallest absolute Gasteiger partial charge is 0.422 e. The number of carbonyl (C=O) groups is 3. The van der Waals surface area contributed by atoms with Gasteiger partial charge < -0.3 is 28.6 Å². The Labute approximate surface area is 340 Å². The summed E-state index contributed by atoms with van der Waals surface area (Å²) in [5.41, 5.74) is 5.36. The molecule has 0 spiro atoms. The van der Waals surface area contributed by atoms with Crippen molar-refractivity contribution in [3.05, 3.63) is 153 Å². The molecule has 2 aliphatic rings. The van der Waals surface area contributed by atoms with Gasteiger partial charge in [0, 0.05) is 50.8 Å². The first-order valence-electron chi connectivity index (χ1n) is 18.8. The highest BCUT2D eigenvalue weighted by molar-refractivity contribution is 6.33. The van der Waals surface area contributed by atoms with Crippen molar-refractivity contribution >= 4 is 35.2 Å². The Morgan fingerprint density at radius 3 is 2.19 bits per heavy atom. The summed E-state index contributed by atoms with van der Waals surface area (Å²) >= 11 is 6.73. The maximum Gasteiger partial charge on any atom is 0.422 e. The van der Waals surface area contributed by atoms with Crippen LogP contribution in [0.2, 0.25) is 5.02 Å². The first kappa shape index (κ1) is 40.0. The van der Waals surface area contributed by atoms with Gasteiger partial charge in [-0.2, -0.15) is 0 Å². The number of hydrogen-bond donors (Lipinski definition) is 0. The quantitative estimate of drug-likeness (QED) is 0.0869. The largest absolute Gasteiger partial charge is 0.493 e. The van der Waals surface area contributed by atoms with Gasteiger partial charge in [0.15, 0.2) is 11.5 Å². The van der Waals surface area contributed by atoms with Crippen LogP contribution in [0.15, 0.2) is 109 Å². The van der Waals surface area contributed by atoms with Crippen molar-refractivity contribution in [1.29, 1.82) is 0 Å². The van der Waals surface area contributed by atoms with Crippen LogP contribution in [0, 0.1) is 19.7 Å².